The number of nitrogens with one attached hydrogen (secondary N) is 2. The monoisotopic (exact) mass is 428 g/mol. The Bertz CT molecular complexity index is 908. The van der Waals surface area contributed by atoms with E-state index in [4.69, 9.17) is 0 Å². The van der Waals surface area contributed by atoms with Crippen molar-refractivity contribution in [3.8, 4) is 0 Å². The maximum absolute atomic E-state index is 13.9. The predicted octanol–water partition coefficient (Wildman–Crippen LogP) is 2.72. The second-order valence-electron chi connectivity index (χ2n) is 6.06. The highest BCUT2D eigenvalue weighted by Crippen LogP contribution is 2.15. The third kappa shape index (κ3) is 6.57. The van der Waals surface area contributed by atoms with Gasteiger partial charge < -0.3 is 5.32 Å². The lowest BCUT2D eigenvalue weighted by atomic mass is 10.1. The standard InChI is InChI=1S/C19H22F2N2O3S2/c1-27-12-10-17(23-28(25,26)18-8-3-2-7-16(18)21)19(24)22-11-9-14-5-4-6-15(20)13-14/h2-8,13,17,23H,9-12H2,1H3,(H,22,24). The molecule has 0 spiro atoms. The van der Waals surface area contributed by atoms with E-state index < -0.39 is 32.7 Å². The maximum atomic E-state index is 13.9. The van der Waals surface area contributed by atoms with Crippen molar-refractivity contribution in [1.29, 1.82) is 0 Å². The third-order valence-corrected chi connectivity index (χ3v) is 6.10. The lowest BCUT2D eigenvalue weighted by Crippen LogP contribution is -2.47. The van der Waals surface area contributed by atoms with Gasteiger partial charge in [-0.3, -0.25) is 4.79 Å². The van der Waals surface area contributed by atoms with Crippen LogP contribution in [0.25, 0.3) is 0 Å². The van der Waals surface area contributed by atoms with E-state index in [0.717, 1.165) is 12.1 Å². The van der Waals surface area contributed by atoms with Crippen molar-refractivity contribution in [1.82, 2.24) is 10.0 Å². The van der Waals surface area contributed by atoms with Gasteiger partial charge >= 0.3 is 0 Å². The lowest BCUT2D eigenvalue weighted by molar-refractivity contribution is -0.122. The van der Waals surface area contributed by atoms with Crippen LogP contribution in [0, 0.1) is 11.6 Å². The number of carbonyl (C=O) groups is 1. The van der Waals surface area contributed by atoms with Crippen LogP contribution in [0.5, 0.6) is 0 Å². The van der Waals surface area contributed by atoms with E-state index in [1.54, 1.807) is 12.1 Å². The summed E-state index contributed by atoms with van der Waals surface area (Å²) in [5.41, 5.74) is 0.716. The first-order chi connectivity index (χ1) is 13.3. The zero-order valence-electron chi connectivity index (χ0n) is 15.3. The molecule has 1 amide bonds. The van der Waals surface area contributed by atoms with Gasteiger partial charge in [-0.2, -0.15) is 16.5 Å². The van der Waals surface area contributed by atoms with Gasteiger partial charge in [-0.1, -0.05) is 24.3 Å². The smallest absolute Gasteiger partial charge is 0.244 e. The summed E-state index contributed by atoms with van der Waals surface area (Å²) in [6.45, 7) is 0.222. The molecule has 2 aromatic carbocycles. The molecule has 2 rings (SSSR count). The van der Waals surface area contributed by atoms with E-state index >= 15 is 0 Å². The Kier molecular flexibility index (Phi) is 8.40. The van der Waals surface area contributed by atoms with Gasteiger partial charge in [-0.25, -0.2) is 17.2 Å². The number of halogens is 2. The number of rotatable bonds is 10. The quantitative estimate of drug-likeness (QED) is 0.610. The molecule has 0 bridgehead atoms. The molecule has 5 nitrogen and oxygen atoms in total. The summed E-state index contributed by atoms with van der Waals surface area (Å²) >= 11 is 1.46. The number of hydrogen-bond donors (Lipinski definition) is 2. The summed E-state index contributed by atoms with van der Waals surface area (Å²) < 4.78 is 54.3. The van der Waals surface area contributed by atoms with E-state index in [9.17, 15) is 22.0 Å². The van der Waals surface area contributed by atoms with Crippen LogP contribution in [-0.4, -0.2) is 38.9 Å². The average Bonchev–Trinajstić information content (AvgIpc) is 2.65. The molecule has 0 radical (unpaired) electrons. The SMILES string of the molecule is CSCCC(NS(=O)(=O)c1ccccc1F)C(=O)NCCc1cccc(F)c1. The van der Waals surface area contributed by atoms with Gasteiger partial charge in [0.15, 0.2) is 0 Å². The molecular formula is C19H22F2N2O3S2. The van der Waals surface area contributed by atoms with Crippen molar-refractivity contribution >= 4 is 27.7 Å². The van der Waals surface area contributed by atoms with Crippen molar-refractivity contribution in [2.24, 2.45) is 0 Å². The highest BCUT2D eigenvalue weighted by Gasteiger charge is 2.27. The molecule has 1 unspecified atom stereocenters. The van der Waals surface area contributed by atoms with Crippen LogP contribution in [0.4, 0.5) is 8.78 Å². The van der Waals surface area contributed by atoms with Crippen LogP contribution in [0.15, 0.2) is 53.4 Å². The van der Waals surface area contributed by atoms with E-state index in [1.807, 2.05) is 6.26 Å². The van der Waals surface area contributed by atoms with Crippen LogP contribution in [0.2, 0.25) is 0 Å². The van der Waals surface area contributed by atoms with E-state index in [2.05, 4.69) is 10.0 Å². The molecule has 2 N–H and O–H groups in total. The molecule has 0 aliphatic rings. The highest BCUT2D eigenvalue weighted by molar-refractivity contribution is 7.98. The summed E-state index contributed by atoms with van der Waals surface area (Å²) in [5.74, 6) is -1.21. The second-order valence-corrected chi connectivity index (χ2v) is 8.72. The zero-order chi connectivity index (χ0) is 20.6. The number of benzene rings is 2. The van der Waals surface area contributed by atoms with Crippen molar-refractivity contribution in [2.45, 2.75) is 23.8 Å². The summed E-state index contributed by atoms with van der Waals surface area (Å²) in [7, 11) is -4.19. The van der Waals surface area contributed by atoms with E-state index in [-0.39, 0.29) is 18.8 Å². The normalized spacial score (nSPS) is 12.5. The first-order valence-electron chi connectivity index (χ1n) is 8.61. The molecule has 0 aliphatic carbocycles. The number of carbonyl (C=O) groups excluding carboxylic acids is 1. The van der Waals surface area contributed by atoms with Crippen LogP contribution in [0.3, 0.4) is 0 Å². The van der Waals surface area contributed by atoms with Gasteiger partial charge in [-0.15, -0.1) is 0 Å². The number of amides is 1. The van der Waals surface area contributed by atoms with Crippen LogP contribution in [0.1, 0.15) is 12.0 Å². The Hall–Kier alpha value is -1.97. The lowest BCUT2D eigenvalue weighted by Gasteiger charge is -2.18. The van der Waals surface area contributed by atoms with Crippen molar-refractivity contribution in [3.63, 3.8) is 0 Å². The van der Waals surface area contributed by atoms with Gasteiger partial charge in [0.1, 0.15) is 22.6 Å². The molecular weight excluding hydrogens is 406 g/mol. The average molecular weight is 429 g/mol. The fourth-order valence-corrected chi connectivity index (χ4v) is 4.32. The topological polar surface area (TPSA) is 75.3 Å². The molecule has 0 fully saturated rings. The number of thioether (sulfide) groups is 1. The van der Waals surface area contributed by atoms with Crippen LogP contribution >= 0.6 is 11.8 Å². The molecule has 28 heavy (non-hydrogen) atoms. The van der Waals surface area contributed by atoms with Gasteiger partial charge in [0.05, 0.1) is 0 Å². The fraction of sp³-hybridized carbons (Fsp3) is 0.316. The van der Waals surface area contributed by atoms with Crippen LogP contribution < -0.4 is 10.0 Å². The number of sulfonamides is 1. The molecule has 0 saturated carbocycles. The Labute approximate surface area is 168 Å². The molecule has 0 aliphatic heterocycles. The largest absolute Gasteiger partial charge is 0.354 e. The summed E-state index contributed by atoms with van der Waals surface area (Å²) in [5, 5.41) is 2.66. The summed E-state index contributed by atoms with van der Waals surface area (Å²) in [6.07, 6.45) is 2.49. The highest BCUT2D eigenvalue weighted by atomic mass is 32.2. The number of hydrogen-bond acceptors (Lipinski definition) is 4. The predicted molar refractivity (Wildman–Crippen MR) is 107 cm³/mol. The van der Waals surface area contributed by atoms with Gasteiger partial charge in [0.25, 0.3) is 0 Å². The molecule has 0 heterocycles. The molecule has 152 valence electrons. The van der Waals surface area contributed by atoms with Gasteiger partial charge in [-0.05, 0) is 54.7 Å². The van der Waals surface area contributed by atoms with Gasteiger partial charge in [0, 0.05) is 6.54 Å². The Morgan fingerprint density at radius 1 is 1.14 bits per heavy atom. The molecule has 1 atom stereocenters. The molecule has 0 saturated heterocycles. The first-order valence-corrected chi connectivity index (χ1v) is 11.5. The minimum atomic E-state index is -4.19. The third-order valence-electron chi connectivity index (χ3n) is 3.95. The molecule has 9 heteroatoms. The molecule has 0 aromatic heterocycles. The Morgan fingerprint density at radius 2 is 1.89 bits per heavy atom. The van der Waals surface area contributed by atoms with E-state index in [0.29, 0.717) is 17.7 Å². The zero-order valence-corrected chi connectivity index (χ0v) is 17.0. The Balaban J connectivity index is 2.03. The van der Waals surface area contributed by atoms with Crippen molar-refractivity contribution in [3.05, 3.63) is 65.7 Å². The molecule has 2 aromatic rings. The summed E-state index contributed by atoms with van der Waals surface area (Å²) in [4.78, 5) is 12.0. The minimum absolute atomic E-state index is 0.222. The minimum Gasteiger partial charge on any atom is -0.354 e. The first kappa shape index (κ1) is 22.3. The van der Waals surface area contributed by atoms with E-state index in [1.165, 1.54) is 36.0 Å². The van der Waals surface area contributed by atoms with Crippen molar-refractivity contribution in [2.75, 3.05) is 18.6 Å². The van der Waals surface area contributed by atoms with Crippen LogP contribution in [-0.2, 0) is 21.2 Å². The second kappa shape index (κ2) is 10.5. The van der Waals surface area contributed by atoms with Crippen molar-refractivity contribution < 1.29 is 22.0 Å². The fourth-order valence-electron chi connectivity index (χ4n) is 2.54. The maximum Gasteiger partial charge on any atom is 0.244 e. The summed E-state index contributed by atoms with van der Waals surface area (Å²) in [6, 6.07) is 9.97. The van der Waals surface area contributed by atoms with Gasteiger partial charge in [0.2, 0.25) is 15.9 Å². The Morgan fingerprint density at radius 3 is 2.57 bits per heavy atom.